The maximum absolute atomic E-state index is 12.0. The van der Waals surface area contributed by atoms with Crippen molar-refractivity contribution in [1.82, 2.24) is 9.88 Å². The van der Waals surface area contributed by atoms with Crippen LogP contribution >= 0.6 is 55.1 Å². The number of fused-ring (bicyclic) bond motifs is 2. The molecule has 0 radical (unpaired) electrons. The van der Waals surface area contributed by atoms with Gasteiger partial charge in [0.25, 0.3) is 0 Å². The van der Waals surface area contributed by atoms with Gasteiger partial charge >= 0.3 is 0 Å². The van der Waals surface area contributed by atoms with Crippen LogP contribution < -0.4 is 0 Å². The first-order valence-electron chi connectivity index (χ1n) is 9.43. The van der Waals surface area contributed by atoms with Crippen LogP contribution in [0.1, 0.15) is 41.1 Å². The van der Waals surface area contributed by atoms with Crippen molar-refractivity contribution in [3.8, 4) is 0 Å². The zero-order valence-electron chi connectivity index (χ0n) is 15.2. The summed E-state index contributed by atoms with van der Waals surface area (Å²) in [6.45, 7) is 1.50. The second kappa shape index (κ2) is 8.63. The summed E-state index contributed by atoms with van der Waals surface area (Å²) in [6.07, 6.45) is 5.67. The molecule has 148 valence electrons. The number of halogens is 4. The third kappa shape index (κ3) is 4.00. The summed E-state index contributed by atoms with van der Waals surface area (Å²) in [7, 11) is 0. The van der Waals surface area contributed by atoms with Crippen molar-refractivity contribution in [2.45, 2.75) is 31.6 Å². The Morgan fingerprint density at radius 3 is 2.57 bits per heavy atom. The predicted molar refractivity (Wildman–Crippen MR) is 120 cm³/mol. The molecule has 0 unspecified atom stereocenters. The summed E-state index contributed by atoms with van der Waals surface area (Å²) >= 11 is 19.5. The van der Waals surface area contributed by atoms with Crippen molar-refractivity contribution in [3.05, 3.63) is 60.7 Å². The number of carbonyl (C=O) groups is 1. The number of pyridine rings is 1. The smallest absolute Gasteiger partial charge is 0.237 e. The Balaban J connectivity index is 1.76. The molecule has 0 N–H and O–H groups in total. The lowest BCUT2D eigenvalue weighted by molar-refractivity contribution is -0.129. The standard InChI is InChI=1S/C21H20Br2Cl2N2O/c22-15-7-14-2-1-13-8-16(25)9-17(23)19(13)20(21(14)26-11-15)12-3-5-27(6-4-12)18(28)10-24/h7-9,11-12,20H,1-6,10H2/t20-/m1/s1. The third-order valence-electron chi connectivity index (χ3n) is 5.90. The lowest BCUT2D eigenvalue weighted by Crippen LogP contribution is -2.40. The topological polar surface area (TPSA) is 33.2 Å². The van der Waals surface area contributed by atoms with E-state index in [2.05, 4.69) is 44.0 Å². The molecule has 2 heterocycles. The van der Waals surface area contributed by atoms with Gasteiger partial charge in [0.15, 0.2) is 0 Å². The molecule has 1 aromatic carbocycles. The molecule has 1 saturated heterocycles. The highest BCUT2D eigenvalue weighted by Crippen LogP contribution is 2.46. The molecule has 4 rings (SSSR count). The van der Waals surface area contributed by atoms with E-state index in [0.29, 0.717) is 5.92 Å². The molecule has 2 aromatic rings. The number of benzene rings is 1. The summed E-state index contributed by atoms with van der Waals surface area (Å²) < 4.78 is 2.06. The molecule has 0 saturated carbocycles. The van der Waals surface area contributed by atoms with Gasteiger partial charge in [-0.2, -0.15) is 0 Å². The van der Waals surface area contributed by atoms with Gasteiger partial charge in [0, 0.05) is 39.2 Å². The Morgan fingerprint density at radius 2 is 1.86 bits per heavy atom. The van der Waals surface area contributed by atoms with Crippen LogP contribution in [0, 0.1) is 5.92 Å². The zero-order valence-corrected chi connectivity index (χ0v) is 19.9. The summed E-state index contributed by atoms with van der Waals surface area (Å²) in [5.74, 6) is 0.692. The number of hydrogen-bond acceptors (Lipinski definition) is 2. The molecule has 0 bridgehead atoms. The monoisotopic (exact) mass is 544 g/mol. The van der Waals surface area contributed by atoms with Gasteiger partial charge in [-0.15, -0.1) is 11.6 Å². The molecule has 2 aliphatic rings. The van der Waals surface area contributed by atoms with Gasteiger partial charge in [-0.1, -0.05) is 27.5 Å². The average molecular weight is 547 g/mol. The summed E-state index contributed by atoms with van der Waals surface area (Å²) in [4.78, 5) is 18.7. The molecule has 1 aromatic heterocycles. The molecule has 1 atom stereocenters. The largest absolute Gasteiger partial charge is 0.342 e. The first-order chi connectivity index (χ1) is 13.5. The normalized spacial score (nSPS) is 19.7. The number of amides is 1. The third-order valence-corrected chi connectivity index (χ3v) is 7.43. The SMILES string of the molecule is O=C(CCl)N1CCC([C@H]2c3ncc(Br)cc3CCc3cc(Cl)cc(Br)c32)CC1. The molecule has 7 heteroatoms. The van der Waals surface area contributed by atoms with Crippen LogP contribution in [-0.4, -0.2) is 34.8 Å². The first kappa shape index (κ1) is 20.6. The quantitative estimate of drug-likeness (QED) is 0.435. The van der Waals surface area contributed by atoms with Crippen molar-refractivity contribution in [2.75, 3.05) is 19.0 Å². The second-order valence-electron chi connectivity index (χ2n) is 7.49. The maximum Gasteiger partial charge on any atom is 0.237 e. The number of hydrogen-bond donors (Lipinski definition) is 0. The Hall–Kier alpha value is -0.620. The Labute approximate surface area is 192 Å². The number of alkyl halides is 1. The highest BCUT2D eigenvalue weighted by molar-refractivity contribution is 9.10. The molecule has 0 spiro atoms. The fraction of sp³-hybridized carbons (Fsp3) is 0.429. The van der Waals surface area contributed by atoms with Crippen molar-refractivity contribution in [2.24, 2.45) is 5.92 Å². The second-order valence-corrected chi connectivity index (χ2v) is 9.96. The fourth-order valence-electron chi connectivity index (χ4n) is 4.60. The molecular weight excluding hydrogens is 527 g/mol. The van der Waals surface area contributed by atoms with Crippen molar-refractivity contribution in [1.29, 1.82) is 0 Å². The molecule has 1 amide bonds. The van der Waals surface area contributed by atoms with Crippen LogP contribution in [-0.2, 0) is 17.6 Å². The minimum Gasteiger partial charge on any atom is -0.342 e. The van der Waals surface area contributed by atoms with Crippen LogP contribution in [0.2, 0.25) is 5.02 Å². The highest BCUT2D eigenvalue weighted by Gasteiger charge is 2.36. The Kier molecular flexibility index (Phi) is 6.36. The highest BCUT2D eigenvalue weighted by atomic mass is 79.9. The lowest BCUT2D eigenvalue weighted by atomic mass is 9.76. The number of aromatic nitrogens is 1. The van der Waals surface area contributed by atoms with E-state index in [4.69, 9.17) is 28.2 Å². The number of piperidine rings is 1. The molecule has 3 nitrogen and oxygen atoms in total. The summed E-state index contributed by atoms with van der Waals surface area (Å²) in [5.41, 5.74) is 5.04. The van der Waals surface area contributed by atoms with Gasteiger partial charge in [-0.3, -0.25) is 9.78 Å². The van der Waals surface area contributed by atoms with Crippen molar-refractivity contribution < 1.29 is 4.79 Å². The van der Waals surface area contributed by atoms with Crippen LogP contribution in [0.25, 0.3) is 0 Å². The van der Waals surface area contributed by atoms with Crippen molar-refractivity contribution >= 4 is 61.0 Å². The Bertz CT molecular complexity index is 914. The molecule has 28 heavy (non-hydrogen) atoms. The molecule has 1 aliphatic heterocycles. The maximum atomic E-state index is 12.0. The average Bonchev–Trinajstić information content (AvgIpc) is 2.84. The van der Waals surface area contributed by atoms with E-state index in [1.807, 2.05) is 17.2 Å². The molecule has 1 fully saturated rings. The van der Waals surface area contributed by atoms with E-state index in [-0.39, 0.29) is 17.7 Å². The summed E-state index contributed by atoms with van der Waals surface area (Å²) in [6, 6.07) is 6.29. The van der Waals surface area contributed by atoms with Crippen molar-refractivity contribution in [3.63, 3.8) is 0 Å². The van der Waals surface area contributed by atoms with E-state index in [0.717, 1.165) is 58.4 Å². The van der Waals surface area contributed by atoms with Crippen LogP contribution in [0.3, 0.4) is 0 Å². The number of nitrogens with zero attached hydrogens (tertiary/aromatic N) is 2. The summed E-state index contributed by atoms with van der Waals surface area (Å²) in [5, 5.41) is 0.756. The van der Waals surface area contributed by atoms with Crippen LogP contribution in [0.5, 0.6) is 0 Å². The molecule has 1 aliphatic carbocycles. The van der Waals surface area contributed by atoms with Gasteiger partial charge in [-0.05, 0) is 82.4 Å². The number of rotatable bonds is 2. The molecular formula is C21H20Br2Cl2N2O. The Morgan fingerprint density at radius 1 is 1.14 bits per heavy atom. The van der Waals surface area contributed by atoms with Gasteiger partial charge in [0.1, 0.15) is 5.88 Å². The van der Waals surface area contributed by atoms with Gasteiger partial charge < -0.3 is 4.90 Å². The lowest BCUT2D eigenvalue weighted by Gasteiger charge is -2.37. The van der Waals surface area contributed by atoms with E-state index in [9.17, 15) is 4.79 Å². The van der Waals surface area contributed by atoms with Gasteiger partial charge in [-0.25, -0.2) is 0 Å². The van der Waals surface area contributed by atoms with Crippen LogP contribution in [0.15, 0.2) is 33.3 Å². The fourth-order valence-corrected chi connectivity index (χ4v) is 6.27. The minimum atomic E-state index is 0.0248. The first-order valence-corrected chi connectivity index (χ1v) is 11.9. The van der Waals surface area contributed by atoms with Gasteiger partial charge in [0.05, 0.1) is 5.69 Å². The van der Waals surface area contributed by atoms with E-state index in [1.165, 1.54) is 16.7 Å². The minimum absolute atomic E-state index is 0.0248. The van der Waals surface area contributed by atoms with E-state index < -0.39 is 0 Å². The van der Waals surface area contributed by atoms with E-state index in [1.54, 1.807) is 0 Å². The van der Waals surface area contributed by atoms with Gasteiger partial charge in [0.2, 0.25) is 5.91 Å². The van der Waals surface area contributed by atoms with Crippen LogP contribution in [0.4, 0.5) is 0 Å². The van der Waals surface area contributed by atoms with E-state index >= 15 is 0 Å². The predicted octanol–water partition coefficient (Wildman–Crippen LogP) is 5.97. The number of aryl methyl sites for hydroxylation is 2. The zero-order chi connectivity index (χ0) is 19.8. The number of likely N-dealkylation sites (tertiary alicyclic amines) is 1. The number of carbonyl (C=O) groups excluding carboxylic acids is 1.